The Morgan fingerprint density at radius 1 is 1.62 bits per heavy atom. The highest BCUT2D eigenvalue weighted by Crippen LogP contribution is 2.27. The Morgan fingerprint density at radius 2 is 2.38 bits per heavy atom. The summed E-state index contributed by atoms with van der Waals surface area (Å²) in [5.74, 6) is 0. The number of aliphatic hydroxyl groups excluding tert-OH is 1. The lowest BCUT2D eigenvalue weighted by Gasteiger charge is -2.20. The van der Waals surface area contributed by atoms with Crippen LogP contribution in [0.1, 0.15) is 17.8 Å². The first kappa shape index (κ1) is 11.3. The van der Waals surface area contributed by atoms with Crippen molar-refractivity contribution < 1.29 is 9.90 Å². The molecule has 1 fully saturated rings. The predicted molar refractivity (Wildman–Crippen MR) is 60.5 cm³/mol. The summed E-state index contributed by atoms with van der Waals surface area (Å²) in [4.78, 5) is 13.5. The zero-order valence-electron chi connectivity index (χ0n) is 9.01. The maximum absolute atomic E-state index is 11.8. The van der Waals surface area contributed by atoms with Gasteiger partial charge in [-0.05, 0) is 19.8 Å². The van der Waals surface area contributed by atoms with Crippen LogP contribution in [-0.4, -0.2) is 45.4 Å². The third-order valence-corrected chi connectivity index (χ3v) is 3.08. The molecule has 1 aliphatic rings. The number of aliphatic hydroxyl groups is 1. The molecule has 0 spiro atoms. The zero-order valence-corrected chi connectivity index (χ0v) is 9.83. The van der Waals surface area contributed by atoms with Crippen molar-refractivity contribution >= 4 is 22.5 Å². The lowest BCUT2D eigenvalue weighted by atomic mass is 10.5. The molecule has 0 aliphatic heterocycles. The Morgan fingerprint density at radius 3 is 2.88 bits per heavy atom. The van der Waals surface area contributed by atoms with Gasteiger partial charge in [-0.25, -0.2) is 4.79 Å². The molecule has 1 aromatic heterocycles. The number of nitrogens with zero attached hydrogens (tertiary/aromatic N) is 3. The first-order valence-electron chi connectivity index (χ1n) is 5.19. The molecule has 0 atom stereocenters. The average molecular weight is 242 g/mol. The van der Waals surface area contributed by atoms with Crippen molar-refractivity contribution in [1.29, 1.82) is 0 Å². The largest absolute Gasteiger partial charge is 0.395 e. The fourth-order valence-electron chi connectivity index (χ4n) is 1.45. The van der Waals surface area contributed by atoms with Crippen LogP contribution < -0.4 is 5.32 Å². The van der Waals surface area contributed by atoms with Gasteiger partial charge in [0, 0.05) is 12.6 Å². The van der Waals surface area contributed by atoms with Gasteiger partial charge in [-0.2, -0.15) is 0 Å². The second-order valence-electron chi connectivity index (χ2n) is 3.70. The highest BCUT2D eigenvalue weighted by Gasteiger charge is 2.32. The molecule has 2 rings (SSSR count). The second-order valence-corrected chi connectivity index (χ2v) is 4.89. The van der Waals surface area contributed by atoms with Crippen LogP contribution in [0.5, 0.6) is 0 Å². The molecule has 1 aliphatic carbocycles. The normalized spacial score (nSPS) is 14.9. The fourth-order valence-corrected chi connectivity index (χ4v) is 2.04. The number of rotatable bonds is 4. The number of carbonyl (C=O) groups is 1. The number of amides is 2. The van der Waals surface area contributed by atoms with E-state index < -0.39 is 0 Å². The van der Waals surface area contributed by atoms with Gasteiger partial charge in [0.25, 0.3) is 0 Å². The number of aryl methyl sites for hydroxylation is 1. The molecule has 88 valence electrons. The molecule has 16 heavy (non-hydrogen) atoms. The predicted octanol–water partition coefficient (Wildman–Crippen LogP) is 0.835. The molecule has 7 heteroatoms. The minimum atomic E-state index is -0.201. The summed E-state index contributed by atoms with van der Waals surface area (Å²) >= 11 is 1.34. The number of nitrogens with one attached hydrogen (secondary N) is 1. The van der Waals surface area contributed by atoms with E-state index in [1.165, 1.54) is 11.3 Å². The van der Waals surface area contributed by atoms with Gasteiger partial charge in [-0.3, -0.25) is 5.32 Å². The van der Waals surface area contributed by atoms with Gasteiger partial charge in [0.2, 0.25) is 5.13 Å². The minimum Gasteiger partial charge on any atom is -0.395 e. The number of hydrogen-bond acceptors (Lipinski definition) is 5. The van der Waals surface area contributed by atoms with Crippen LogP contribution in [0, 0.1) is 6.92 Å². The van der Waals surface area contributed by atoms with Crippen LogP contribution in [0.2, 0.25) is 0 Å². The van der Waals surface area contributed by atoms with E-state index >= 15 is 0 Å². The van der Waals surface area contributed by atoms with Crippen LogP contribution in [0.4, 0.5) is 9.93 Å². The molecule has 0 unspecified atom stereocenters. The Balaban J connectivity index is 1.94. The number of hydrogen-bond donors (Lipinski definition) is 2. The second kappa shape index (κ2) is 4.75. The molecule has 0 aromatic carbocycles. The molecule has 6 nitrogen and oxygen atoms in total. The SMILES string of the molecule is Cc1nnc(NC(=O)N(CCO)C2CC2)s1. The van der Waals surface area contributed by atoms with Gasteiger partial charge in [0.05, 0.1) is 6.61 Å². The summed E-state index contributed by atoms with van der Waals surface area (Å²) in [7, 11) is 0. The van der Waals surface area contributed by atoms with Gasteiger partial charge in [-0.15, -0.1) is 10.2 Å². The lowest BCUT2D eigenvalue weighted by Crippen LogP contribution is -2.38. The summed E-state index contributed by atoms with van der Waals surface area (Å²) in [6.45, 7) is 2.19. The number of aromatic nitrogens is 2. The van der Waals surface area contributed by atoms with Crippen molar-refractivity contribution in [3.63, 3.8) is 0 Å². The molecule has 0 radical (unpaired) electrons. The third kappa shape index (κ3) is 2.67. The van der Waals surface area contributed by atoms with E-state index in [1.54, 1.807) is 4.90 Å². The van der Waals surface area contributed by atoms with Gasteiger partial charge in [0.1, 0.15) is 5.01 Å². The molecular weight excluding hydrogens is 228 g/mol. The summed E-state index contributed by atoms with van der Waals surface area (Å²) in [5, 5.41) is 20.5. The Bertz CT molecular complexity index is 377. The summed E-state index contributed by atoms with van der Waals surface area (Å²) in [5.41, 5.74) is 0. The van der Waals surface area contributed by atoms with Gasteiger partial charge in [-0.1, -0.05) is 11.3 Å². The Labute approximate surface area is 97.3 Å². The van der Waals surface area contributed by atoms with Crippen LogP contribution in [0.25, 0.3) is 0 Å². The van der Waals surface area contributed by atoms with Gasteiger partial charge >= 0.3 is 6.03 Å². The smallest absolute Gasteiger partial charge is 0.324 e. The highest BCUT2D eigenvalue weighted by atomic mass is 32.1. The molecular formula is C9H14N4O2S. The summed E-state index contributed by atoms with van der Waals surface area (Å²) in [6, 6.07) is 0.0777. The monoisotopic (exact) mass is 242 g/mol. The summed E-state index contributed by atoms with van der Waals surface area (Å²) < 4.78 is 0. The highest BCUT2D eigenvalue weighted by molar-refractivity contribution is 7.15. The van der Waals surface area contributed by atoms with Crippen molar-refractivity contribution in [1.82, 2.24) is 15.1 Å². The zero-order chi connectivity index (χ0) is 11.5. The van der Waals surface area contributed by atoms with Gasteiger partial charge < -0.3 is 10.0 Å². The lowest BCUT2D eigenvalue weighted by molar-refractivity contribution is 0.185. The maximum atomic E-state index is 11.8. The minimum absolute atomic E-state index is 0.0148. The van der Waals surface area contributed by atoms with Crippen molar-refractivity contribution in [2.75, 3.05) is 18.5 Å². The molecule has 1 aromatic rings. The van der Waals surface area contributed by atoms with Crippen molar-refractivity contribution in [2.45, 2.75) is 25.8 Å². The van der Waals surface area contributed by atoms with Crippen molar-refractivity contribution in [3.05, 3.63) is 5.01 Å². The quantitative estimate of drug-likeness (QED) is 0.820. The number of urea groups is 1. The number of anilines is 1. The molecule has 1 heterocycles. The molecule has 0 bridgehead atoms. The van der Waals surface area contributed by atoms with Crippen molar-refractivity contribution in [3.8, 4) is 0 Å². The molecule has 2 N–H and O–H groups in total. The first-order chi connectivity index (χ1) is 7.70. The van der Waals surface area contributed by atoms with E-state index in [2.05, 4.69) is 15.5 Å². The topological polar surface area (TPSA) is 78.4 Å². The molecule has 0 saturated heterocycles. The van der Waals surface area contributed by atoms with E-state index in [0.29, 0.717) is 11.7 Å². The Kier molecular flexibility index (Phi) is 3.35. The maximum Gasteiger partial charge on any atom is 0.324 e. The van der Waals surface area contributed by atoms with Crippen LogP contribution in [0.3, 0.4) is 0 Å². The summed E-state index contributed by atoms with van der Waals surface area (Å²) in [6.07, 6.45) is 2.03. The third-order valence-electron chi connectivity index (χ3n) is 2.33. The molecule has 2 amide bonds. The number of carbonyl (C=O) groups excluding carboxylic acids is 1. The van der Waals surface area contributed by atoms with E-state index in [0.717, 1.165) is 17.8 Å². The van der Waals surface area contributed by atoms with E-state index in [1.807, 2.05) is 6.92 Å². The van der Waals surface area contributed by atoms with Crippen LogP contribution in [-0.2, 0) is 0 Å². The van der Waals surface area contributed by atoms with E-state index in [4.69, 9.17) is 5.11 Å². The fraction of sp³-hybridized carbons (Fsp3) is 0.667. The van der Waals surface area contributed by atoms with E-state index in [9.17, 15) is 4.79 Å². The Hall–Kier alpha value is -1.21. The van der Waals surface area contributed by atoms with E-state index in [-0.39, 0.29) is 18.7 Å². The standard InChI is InChI=1S/C9H14N4O2S/c1-6-11-12-8(16-6)10-9(15)13(4-5-14)7-2-3-7/h7,14H,2-5H2,1H3,(H,10,12,15). The van der Waals surface area contributed by atoms with Crippen molar-refractivity contribution in [2.24, 2.45) is 0 Å². The molecule has 1 saturated carbocycles. The first-order valence-corrected chi connectivity index (χ1v) is 6.01. The van der Waals surface area contributed by atoms with Crippen LogP contribution >= 0.6 is 11.3 Å². The average Bonchev–Trinajstić information content (AvgIpc) is 3.00. The van der Waals surface area contributed by atoms with Gasteiger partial charge in [0.15, 0.2) is 0 Å². The van der Waals surface area contributed by atoms with Crippen LogP contribution in [0.15, 0.2) is 0 Å².